The van der Waals surface area contributed by atoms with Gasteiger partial charge >= 0.3 is 0 Å². The summed E-state index contributed by atoms with van der Waals surface area (Å²) in [5.74, 6) is 1.54. The summed E-state index contributed by atoms with van der Waals surface area (Å²) in [5.41, 5.74) is 1.53. The third-order valence-corrected chi connectivity index (χ3v) is 6.16. The number of benzene rings is 1. The van der Waals surface area contributed by atoms with Gasteiger partial charge in [-0.1, -0.05) is 6.07 Å². The number of hydrogen-bond acceptors (Lipinski definition) is 6. The van der Waals surface area contributed by atoms with Crippen LogP contribution in [0, 0.1) is 12.3 Å². The molecule has 1 aromatic heterocycles. The van der Waals surface area contributed by atoms with Gasteiger partial charge in [0, 0.05) is 31.7 Å². The molecule has 4 rings (SSSR count). The molecule has 0 aliphatic carbocycles. The van der Waals surface area contributed by atoms with Crippen LogP contribution in [0.4, 0.5) is 5.82 Å². The number of carbonyl (C=O) groups is 1. The van der Waals surface area contributed by atoms with E-state index in [-0.39, 0.29) is 11.3 Å². The van der Waals surface area contributed by atoms with E-state index in [0.29, 0.717) is 30.9 Å². The van der Waals surface area contributed by atoms with E-state index in [1.807, 2.05) is 42.2 Å². The average Bonchev–Trinajstić information content (AvgIpc) is 2.74. The molecular weight excluding hydrogens is 368 g/mol. The Morgan fingerprint density at radius 2 is 2.00 bits per heavy atom. The van der Waals surface area contributed by atoms with Crippen molar-refractivity contribution in [1.29, 1.82) is 0 Å². The largest absolute Gasteiger partial charge is 0.497 e. The molecule has 154 valence electrons. The molecule has 2 aromatic rings. The summed E-state index contributed by atoms with van der Waals surface area (Å²) in [6.45, 7) is 4.71. The Hall–Kier alpha value is -2.67. The van der Waals surface area contributed by atoms with E-state index in [2.05, 4.69) is 15.1 Å². The third kappa shape index (κ3) is 4.19. The van der Waals surface area contributed by atoms with Gasteiger partial charge in [-0.25, -0.2) is 0 Å². The second-order valence-electron chi connectivity index (χ2n) is 8.30. The van der Waals surface area contributed by atoms with Crippen molar-refractivity contribution in [2.75, 3.05) is 38.2 Å². The zero-order valence-electron chi connectivity index (χ0n) is 17.0. The number of carbonyl (C=O) groups excluding carboxylic acids is 1. The van der Waals surface area contributed by atoms with Gasteiger partial charge in [-0.2, -0.15) is 5.10 Å². The number of aromatic nitrogens is 2. The first-order valence-corrected chi connectivity index (χ1v) is 10.1. The molecule has 1 amide bonds. The van der Waals surface area contributed by atoms with Gasteiger partial charge in [-0.15, -0.1) is 5.10 Å². The summed E-state index contributed by atoms with van der Waals surface area (Å²) in [7, 11) is 1.60. The minimum atomic E-state index is -0.396. The van der Waals surface area contributed by atoms with Gasteiger partial charge in [0.2, 0.25) is 0 Å². The van der Waals surface area contributed by atoms with Crippen LogP contribution in [0.15, 0.2) is 36.4 Å². The number of piperidine rings is 2. The molecule has 1 atom stereocenters. The Balaban J connectivity index is 1.44. The van der Waals surface area contributed by atoms with Crippen molar-refractivity contribution in [1.82, 2.24) is 15.1 Å². The molecule has 0 radical (unpaired) electrons. The first-order chi connectivity index (χ1) is 14.0. The molecule has 2 aliphatic rings. The quantitative estimate of drug-likeness (QED) is 0.858. The maximum absolute atomic E-state index is 12.9. The number of nitrogens with zero attached hydrogens (tertiary/aromatic N) is 4. The van der Waals surface area contributed by atoms with E-state index in [9.17, 15) is 9.90 Å². The first-order valence-electron chi connectivity index (χ1n) is 10.1. The van der Waals surface area contributed by atoms with E-state index >= 15 is 0 Å². The number of anilines is 1. The number of ether oxygens (including phenoxy) is 1. The normalized spacial score (nSPS) is 21.3. The predicted octanol–water partition coefficient (Wildman–Crippen LogP) is 2.29. The molecule has 0 saturated carbocycles. The van der Waals surface area contributed by atoms with Crippen LogP contribution in [-0.4, -0.2) is 65.5 Å². The molecule has 7 nitrogen and oxygen atoms in total. The maximum Gasteiger partial charge on any atom is 0.253 e. The van der Waals surface area contributed by atoms with Crippen LogP contribution in [-0.2, 0) is 0 Å². The number of β-amino-alcohol motifs (C(OH)–C–C–N with tert-alkyl or cyclic N) is 1. The lowest BCUT2D eigenvalue weighted by Gasteiger charge is -2.49. The molecular formula is C22H28N4O3. The van der Waals surface area contributed by atoms with Crippen LogP contribution in [0.25, 0.3) is 0 Å². The minimum Gasteiger partial charge on any atom is -0.497 e. The van der Waals surface area contributed by atoms with E-state index in [1.165, 1.54) is 0 Å². The summed E-state index contributed by atoms with van der Waals surface area (Å²) in [6.07, 6.45) is 2.11. The Bertz CT molecular complexity index is 863. The van der Waals surface area contributed by atoms with Gasteiger partial charge in [-0.3, -0.25) is 4.79 Å². The Kier molecular flexibility index (Phi) is 5.41. The Morgan fingerprint density at radius 1 is 1.21 bits per heavy atom. The lowest BCUT2D eigenvalue weighted by atomic mass is 9.71. The van der Waals surface area contributed by atoms with Crippen molar-refractivity contribution in [2.24, 2.45) is 5.41 Å². The lowest BCUT2D eigenvalue weighted by Crippen LogP contribution is -2.54. The van der Waals surface area contributed by atoms with Gasteiger partial charge < -0.3 is 19.6 Å². The Morgan fingerprint density at radius 3 is 2.69 bits per heavy atom. The summed E-state index contributed by atoms with van der Waals surface area (Å²) < 4.78 is 5.24. The molecule has 1 aromatic carbocycles. The molecule has 1 N–H and O–H groups in total. The maximum atomic E-state index is 12.9. The van der Waals surface area contributed by atoms with Crippen molar-refractivity contribution >= 4 is 11.7 Å². The molecule has 3 heterocycles. The molecule has 7 heteroatoms. The van der Waals surface area contributed by atoms with Crippen LogP contribution in [0.2, 0.25) is 0 Å². The molecule has 1 unspecified atom stereocenters. The molecule has 2 saturated heterocycles. The monoisotopic (exact) mass is 396 g/mol. The zero-order chi connectivity index (χ0) is 20.4. The standard InChI is InChI=1S/C22H28N4O3/c1-16-6-7-20(24-23-16)26-14-18(27)13-22(15-26)8-10-25(11-9-22)21(28)17-4-3-5-19(12-17)29-2/h3-7,12,18,27H,8-11,13-15H2,1-2H3. The van der Waals surface area contributed by atoms with Gasteiger partial charge in [0.05, 0.1) is 18.9 Å². The fourth-order valence-corrected chi connectivity index (χ4v) is 4.57. The van der Waals surface area contributed by atoms with E-state index in [4.69, 9.17) is 4.74 Å². The summed E-state index contributed by atoms with van der Waals surface area (Å²) in [6, 6.07) is 11.2. The van der Waals surface area contributed by atoms with Crippen LogP contribution in [0.1, 0.15) is 35.3 Å². The smallest absolute Gasteiger partial charge is 0.253 e. The van der Waals surface area contributed by atoms with Gasteiger partial charge in [0.15, 0.2) is 5.82 Å². The van der Waals surface area contributed by atoms with Crippen LogP contribution in [0.3, 0.4) is 0 Å². The van der Waals surface area contributed by atoms with Gasteiger partial charge in [0.25, 0.3) is 5.91 Å². The first kappa shape index (κ1) is 19.6. The van der Waals surface area contributed by atoms with Crippen molar-refractivity contribution in [3.05, 3.63) is 47.7 Å². The molecule has 2 aliphatic heterocycles. The van der Waals surface area contributed by atoms with Crippen molar-refractivity contribution in [3.63, 3.8) is 0 Å². The number of aliphatic hydroxyl groups is 1. The second-order valence-corrected chi connectivity index (χ2v) is 8.30. The van der Waals surface area contributed by atoms with Crippen molar-refractivity contribution < 1.29 is 14.6 Å². The van der Waals surface area contributed by atoms with E-state index in [0.717, 1.165) is 37.3 Å². The van der Waals surface area contributed by atoms with Crippen molar-refractivity contribution in [2.45, 2.75) is 32.3 Å². The summed E-state index contributed by atoms with van der Waals surface area (Å²) in [4.78, 5) is 17.0. The number of methoxy groups -OCH3 is 1. The number of aliphatic hydroxyl groups excluding tert-OH is 1. The SMILES string of the molecule is COc1cccc(C(=O)N2CCC3(CC2)CC(O)CN(c2ccc(C)nn2)C3)c1. The molecule has 29 heavy (non-hydrogen) atoms. The highest BCUT2D eigenvalue weighted by molar-refractivity contribution is 5.94. The molecule has 0 bridgehead atoms. The summed E-state index contributed by atoms with van der Waals surface area (Å²) in [5, 5.41) is 19.0. The van der Waals surface area contributed by atoms with E-state index in [1.54, 1.807) is 13.2 Å². The van der Waals surface area contributed by atoms with Gasteiger partial charge in [-0.05, 0) is 61.9 Å². The number of rotatable bonds is 3. The fourth-order valence-electron chi connectivity index (χ4n) is 4.57. The highest BCUT2D eigenvalue weighted by Crippen LogP contribution is 2.41. The number of hydrogen-bond donors (Lipinski definition) is 1. The zero-order valence-corrected chi connectivity index (χ0v) is 17.0. The number of amides is 1. The highest BCUT2D eigenvalue weighted by atomic mass is 16.5. The minimum absolute atomic E-state index is 0.00457. The highest BCUT2D eigenvalue weighted by Gasteiger charge is 2.42. The van der Waals surface area contributed by atoms with Crippen LogP contribution >= 0.6 is 0 Å². The Labute approximate surface area is 171 Å². The average molecular weight is 396 g/mol. The van der Waals surface area contributed by atoms with Crippen LogP contribution < -0.4 is 9.64 Å². The fraction of sp³-hybridized carbons (Fsp3) is 0.500. The van der Waals surface area contributed by atoms with Crippen molar-refractivity contribution in [3.8, 4) is 5.75 Å². The lowest BCUT2D eigenvalue weighted by molar-refractivity contribution is 0.0246. The summed E-state index contributed by atoms with van der Waals surface area (Å²) >= 11 is 0. The predicted molar refractivity (Wildman–Crippen MR) is 110 cm³/mol. The molecule has 1 spiro atoms. The second kappa shape index (κ2) is 7.99. The van der Waals surface area contributed by atoms with E-state index < -0.39 is 6.10 Å². The van der Waals surface area contributed by atoms with Crippen LogP contribution in [0.5, 0.6) is 5.75 Å². The van der Waals surface area contributed by atoms with Gasteiger partial charge in [0.1, 0.15) is 5.75 Å². The third-order valence-electron chi connectivity index (χ3n) is 6.16. The topological polar surface area (TPSA) is 78.8 Å². The number of likely N-dealkylation sites (tertiary alicyclic amines) is 1. The molecule has 2 fully saturated rings. The number of aryl methyl sites for hydroxylation is 1.